The van der Waals surface area contributed by atoms with Crippen molar-refractivity contribution in [1.29, 1.82) is 0 Å². The number of amides is 1. The molecule has 1 saturated heterocycles. The van der Waals surface area contributed by atoms with E-state index < -0.39 is 0 Å². The number of hydrogen-bond acceptors (Lipinski definition) is 6. The lowest BCUT2D eigenvalue weighted by atomic mass is 9.93. The molecule has 0 aliphatic carbocycles. The highest BCUT2D eigenvalue weighted by Crippen LogP contribution is 2.25. The van der Waals surface area contributed by atoms with Gasteiger partial charge in [0.05, 0.1) is 6.61 Å². The maximum Gasteiger partial charge on any atom is 0.306 e. The minimum Gasteiger partial charge on any atom is -0.466 e. The largest absolute Gasteiger partial charge is 0.466 e. The molecule has 126 valence electrons. The maximum absolute atomic E-state index is 11.5. The van der Waals surface area contributed by atoms with Gasteiger partial charge in [-0.1, -0.05) is 6.58 Å². The smallest absolute Gasteiger partial charge is 0.306 e. The third-order valence-corrected chi connectivity index (χ3v) is 4.71. The standard InChI is InChI=1S/C16H23N3O3S/c1-3-14(20)18-16-17-10-13(23-16)11-19-7-5-12(6-8-19)9-15(21)22-4-2/h3,10,12H,1,4-9,11H2,2H3,(H,17,18,20). The van der Waals surface area contributed by atoms with E-state index in [4.69, 9.17) is 4.74 Å². The zero-order chi connectivity index (χ0) is 16.7. The molecule has 1 fully saturated rings. The molecule has 1 N–H and O–H groups in total. The number of rotatable bonds is 7. The molecule has 0 atom stereocenters. The molecule has 0 spiro atoms. The van der Waals surface area contributed by atoms with Crippen LogP contribution in [-0.2, 0) is 20.9 Å². The minimum absolute atomic E-state index is 0.0870. The Morgan fingerprint density at radius 2 is 2.26 bits per heavy atom. The molecule has 0 unspecified atom stereocenters. The van der Waals surface area contributed by atoms with Gasteiger partial charge in [0.25, 0.3) is 0 Å². The van der Waals surface area contributed by atoms with Gasteiger partial charge >= 0.3 is 5.97 Å². The number of anilines is 1. The Morgan fingerprint density at radius 3 is 2.91 bits per heavy atom. The number of aromatic nitrogens is 1. The molecule has 1 aromatic rings. The molecule has 1 aliphatic heterocycles. The van der Waals surface area contributed by atoms with Crippen molar-refractivity contribution in [1.82, 2.24) is 9.88 Å². The van der Waals surface area contributed by atoms with Crippen LogP contribution in [0.3, 0.4) is 0 Å². The minimum atomic E-state index is -0.245. The second-order valence-corrected chi connectivity index (χ2v) is 6.67. The topological polar surface area (TPSA) is 71.5 Å². The first-order valence-electron chi connectivity index (χ1n) is 7.86. The van der Waals surface area contributed by atoms with Gasteiger partial charge in [-0.2, -0.15) is 0 Å². The van der Waals surface area contributed by atoms with E-state index in [1.165, 1.54) is 17.4 Å². The Labute approximate surface area is 140 Å². The summed E-state index contributed by atoms with van der Waals surface area (Å²) in [4.78, 5) is 30.4. The van der Waals surface area contributed by atoms with Crippen molar-refractivity contribution in [2.24, 2.45) is 5.92 Å². The fourth-order valence-electron chi connectivity index (χ4n) is 2.62. The highest BCUT2D eigenvalue weighted by atomic mass is 32.1. The van der Waals surface area contributed by atoms with E-state index in [-0.39, 0.29) is 11.9 Å². The summed E-state index contributed by atoms with van der Waals surface area (Å²) in [6, 6.07) is 0. The van der Waals surface area contributed by atoms with Crippen LogP contribution in [0.4, 0.5) is 5.13 Å². The van der Waals surface area contributed by atoms with Gasteiger partial charge < -0.3 is 4.74 Å². The van der Waals surface area contributed by atoms with Gasteiger partial charge in [0.1, 0.15) is 0 Å². The Bertz CT molecular complexity index is 551. The van der Waals surface area contributed by atoms with Gasteiger partial charge in [-0.05, 0) is 44.8 Å². The zero-order valence-electron chi connectivity index (χ0n) is 13.4. The molecule has 0 saturated carbocycles. The summed E-state index contributed by atoms with van der Waals surface area (Å²) in [5.74, 6) is 0.0934. The predicted molar refractivity (Wildman–Crippen MR) is 90.2 cm³/mol. The summed E-state index contributed by atoms with van der Waals surface area (Å²) in [6.45, 7) is 8.47. The number of esters is 1. The molecule has 1 aromatic heterocycles. The van der Waals surface area contributed by atoms with Crippen LogP contribution < -0.4 is 5.32 Å². The molecule has 0 bridgehead atoms. The van der Waals surface area contributed by atoms with Crippen LogP contribution >= 0.6 is 11.3 Å². The molecular formula is C16H23N3O3S. The molecule has 2 rings (SSSR count). The van der Waals surface area contributed by atoms with Gasteiger partial charge in [-0.15, -0.1) is 11.3 Å². The van der Waals surface area contributed by atoms with Crippen LogP contribution in [0.2, 0.25) is 0 Å². The third kappa shape index (κ3) is 5.76. The van der Waals surface area contributed by atoms with Crippen LogP contribution in [0.1, 0.15) is 31.1 Å². The summed E-state index contributed by atoms with van der Waals surface area (Å²) in [6.07, 6.45) is 5.58. The maximum atomic E-state index is 11.5. The fraction of sp³-hybridized carbons (Fsp3) is 0.562. The van der Waals surface area contributed by atoms with Crippen molar-refractivity contribution in [2.75, 3.05) is 25.0 Å². The summed E-state index contributed by atoms with van der Waals surface area (Å²) in [7, 11) is 0. The fourth-order valence-corrected chi connectivity index (χ4v) is 3.48. The molecule has 6 nitrogen and oxygen atoms in total. The van der Waals surface area contributed by atoms with E-state index in [1.54, 1.807) is 6.20 Å². The number of carbonyl (C=O) groups is 2. The monoisotopic (exact) mass is 337 g/mol. The molecule has 0 radical (unpaired) electrons. The normalized spacial score (nSPS) is 16.0. The summed E-state index contributed by atoms with van der Waals surface area (Å²) in [5.41, 5.74) is 0. The number of likely N-dealkylation sites (tertiary alicyclic amines) is 1. The number of hydrogen-bond donors (Lipinski definition) is 1. The lowest BCUT2D eigenvalue weighted by Gasteiger charge is -2.31. The number of thiazole rings is 1. The number of nitrogens with one attached hydrogen (secondary N) is 1. The van der Waals surface area contributed by atoms with Crippen molar-refractivity contribution in [3.05, 3.63) is 23.7 Å². The van der Waals surface area contributed by atoms with E-state index in [0.717, 1.165) is 37.4 Å². The van der Waals surface area contributed by atoms with Crippen LogP contribution in [0.15, 0.2) is 18.9 Å². The van der Waals surface area contributed by atoms with Gasteiger partial charge in [-0.25, -0.2) is 4.98 Å². The lowest BCUT2D eigenvalue weighted by molar-refractivity contribution is -0.144. The van der Waals surface area contributed by atoms with E-state index >= 15 is 0 Å². The molecule has 1 aliphatic rings. The van der Waals surface area contributed by atoms with Crippen LogP contribution in [0.25, 0.3) is 0 Å². The van der Waals surface area contributed by atoms with E-state index in [0.29, 0.717) is 24.1 Å². The molecule has 2 heterocycles. The number of ether oxygens (including phenoxy) is 1. The van der Waals surface area contributed by atoms with Gasteiger partial charge in [0.2, 0.25) is 5.91 Å². The van der Waals surface area contributed by atoms with Crippen molar-refractivity contribution in [2.45, 2.75) is 32.7 Å². The zero-order valence-corrected chi connectivity index (χ0v) is 14.2. The lowest BCUT2D eigenvalue weighted by Crippen LogP contribution is -2.33. The quantitative estimate of drug-likeness (QED) is 0.611. The first-order valence-corrected chi connectivity index (χ1v) is 8.68. The predicted octanol–water partition coefficient (Wildman–Crippen LogP) is 2.43. The van der Waals surface area contributed by atoms with Crippen molar-refractivity contribution in [3.63, 3.8) is 0 Å². The number of carbonyl (C=O) groups excluding carboxylic acids is 2. The Balaban J connectivity index is 1.75. The highest BCUT2D eigenvalue weighted by Gasteiger charge is 2.22. The Kier molecular flexibility index (Phi) is 6.73. The Morgan fingerprint density at radius 1 is 1.52 bits per heavy atom. The third-order valence-electron chi connectivity index (χ3n) is 3.82. The average molecular weight is 337 g/mol. The first kappa shape index (κ1) is 17.6. The Hall–Kier alpha value is -1.73. The van der Waals surface area contributed by atoms with Gasteiger partial charge in [0.15, 0.2) is 5.13 Å². The molecule has 7 heteroatoms. The van der Waals surface area contributed by atoms with E-state index in [1.807, 2.05) is 6.92 Å². The van der Waals surface area contributed by atoms with Crippen LogP contribution in [0.5, 0.6) is 0 Å². The van der Waals surface area contributed by atoms with Crippen LogP contribution in [-0.4, -0.2) is 41.5 Å². The second kappa shape index (κ2) is 8.79. The van der Waals surface area contributed by atoms with E-state index in [9.17, 15) is 9.59 Å². The summed E-state index contributed by atoms with van der Waals surface area (Å²) in [5, 5.41) is 3.27. The highest BCUT2D eigenvalue weighted by molar-refractivity contribution is 7.15. The molecular weight excluding hydrogens is 314 g/mol. The number of nitrogens with zero attached hydrogens (tertiary/aromatic N) is 2. The van der Waals surface area contributed by atoms with Gasteiger partial charge in [0, 0.05) is 24.0 Å². The molecule has 1 amide bonds. The summed E-state index contributed by atoms with van der Waals surface area (Å²) < 4.78 is 5.01. The van der Waals surface area contributed by atoms with Gasteiger partial charge in [-0.3, -0.25) is 19.8 Å². The number of piperidine rings is 1. The van der Waals surface area contributed by atoms with Crippen molar-refractivity contribution >= 4 is 28.3 Å². The second-order valence-electron chi connectivity index (χ2n) is 5.55. The van der Waals surface area contributed by atoms with Crippen LogP contribution in [0, 0.1) is 5.92 Å². The SMILES string of the molecule is C=CC(=O)Nc1ncc(CN2CCC(CC(=O)OCC)CC2)s1. The summed E-state index contributed by atoms with van der Waals surface area (Å²) >= 11 is 1.48. The molecule has 0 aromatic carbocycles. The first-order chi connectivity index (χ1) is 11.1. The van der Waals surface area contributed by atoms with Crippen molar-refractivity contribution < 1.29 is 14.3 Å². The van der Waals surface area contributed by atoms with Crippen molar-refractivity contribution in [3.8, 4) is 0 Å². The molecule has 23 heavy (non-hydrogen) atoms. The van der Waals surface area contributed by atoms with E-state index in [2.05, 4.69) is 21.8 Å². The average Bonchev–Trinajstić information content (AvgIpc) is 2.96.